The summed E-state index contributed by atoms with van der Waals surface area (Å²) < 4.78 is 5.07. The van der Waals surface area contributed by atoms with Crippen molar-refractivity contribution >= 4 is 0 Å². The predicted molar refractivity (Wildman–Crippen MR) is 71.9 cm³/mol. The molecule has 4 heteroatoms. The van der Waals surface area contributed by atoms with Crippen LogP contribution < -0.4 is 10.1 Å². The molecule has 0 aliphatic carbocycles. The van der Waals surface area contributed by atoms with E-state index >= 15 is 0 Å². The maximum atomic E-state index is 9.74. The summed E-state index contributed by atoms with van der Waals surface area (Å²) in [6.45, 7) is 6.53. The van der Waals surface area contributed by atoms with Crippen LogP contribution in [0.25, 0.3) is 0 Å². The number of aliphatic hydroxyl groups excluding tert-OH is 1. The van der Waals surface area contributed by atoms with Crippen LogP contribution >= 0.6 is 0 Å². The van der Waals surface area contributed by atoms with Crippen molar-refractivity contribution in [2.75, 3.05) is 13.7 Å². The van der Waals surface area contributed by atoms with Crippen LogP contribution in [-0.4, -0.2) is 30.0 Å². The van der Waals surface area contributed by atoms with E-state index in [1.165, 1.54) is 7.11 Å². The van der Waals surface area contributed by atoms with Crippen LogP contribution in [0.1, 0.15) is 32.4 Å². The summed E-state index contributed by atoms with van der Waals surface area (Å²) in [4.78, 5) is 0. The van der Waals surface area contributed by atoms with E-state index in [0.717, 1.165) is 5.56 Å². The molecule has 0 fully saturated rings. The second-order valence-corrected chi connectivity index (χ2v) is 4.87. The van der Waals surface area contributed by atoms with Gasteiger partial charge in [-0.25, -0.2) is 0 Å². The van der Waals surface area contributed by atoms with Gasteiger partial charge in [0.25, 0.3) is 0 Å². The molecule has 1 rings (SSSR count). The second-order valence-electron chi connectivity index (χ2n) is 4.87. The molecule has 0 aliphatic heterocycles. The minimum Gasteiger partial charge on any atom is -0.504 e. The number of phenolic OH excluding ortho intramolecular Hbond substituents is 1. The Bertz CT molecular complexity index is 379. The molecule has 0 amide bonds. The third-order valence-electron chi connectivity index (χ3n) is 3.11. The van der Waals surface area contributed by atoms with Gasteiger partial charge < -0.3 is 20.3 Å². The van der Waals surface area contributed by atoms with E-state index in [1.54, 1.807) is 12.1 Å². The molecule has 0 heterocycles. The Morgan fingerprint density at radius 3 is 2.50 bits per heavy atom. The van der Waals surface area contributed by atoms with E-state index in [2.05, 4.69) is 5.32 Å². The lowest BCUT2D eigenvalue weighted by Gasteiger charge is -2.20. The number of hydrogen-bond donors (Lipinski definition) is 3. The Balaban J connectivity index is 2.64. The minimum atomic E-state index is -0.355. The summed E-state index contributed by atoms with van der Waals surface area (Å²) >= 11 is 0. The first-order chi connectivity index (χ1) is 8.45. The smallest absolute Gasteiger partial charge is 0.160 e. The first-order valence-electron chi connectivity index (χ1n) is 6.24. The zero-order valence-corrected chi connectivity index (χ0v) is 11.5. The average Bonchev–Trinajstić information content (AvgIpc) is 2.35. The number of aromatic hydroxyl groups is 1. The fourth-order valence-corrected chi connectivity index (χ4v) is 1.61. The van der Waals surface area contributed by atoms with Crippen LogP contribution in [0.15, 0.2) is 18.2 Å². The first-order valence-corrected chi connectivity index (χ1v) is 6.24. The maximum Gasteiger partial charge on any atom is 0.160 e. The monoisotopic (exact) mass is 253 g/mol. The van der Waals surface area contributed by atoms with Crippen LogP contribution in [0, 0.1) is 5.92 Å². The summed E-state index contributed by atoms with van der Waals surface area (Å²) in [6.07, 6.45) is -0.355. The molecule has 2 unspecified atom stereocenters. The van der Waals surface area contributed by atoms with E-state index in [-0.39, 0.29) is 23.8 Å². The van der Waals surface area contributed by atoms with Gasteiger partial charge in [-0.2, -0.15) is 0 Å². The number of nitrogens with one attached hydrogen (secondary N) is 1. The number of ether oxygens (including phenoxy) is 1. The topological polar surface area (TPSA) is 61.7 Å². The van der Waals surface area contributed by atoms with Crippen LogP contribution in [0.2, 0.25) is 0 Å². The SMILES string of the molecule is COc1cc(C(C)NCC(O)C(C)C)ccc1O. The summed E-state index contributed by atoms with van der Waals surface area (Å²) in [5.41, 5.74) is 1.01. The highest BCUT2D eigenvalue weighted by Gasteiger charge is 2.13. The summed E-state index contributed by atoms with van der Waals surface area (Å²) in [5, 5.41) is 22.5. The van der Waals surface area contributed by atoms with Crippen molar-refractivity contribution in [1.29, 1.82) is 0 Å². The number of aliphatic hydroxyl groups is 1. The van der Waals surface area contributed by atoms with E-state index in [4.69, 9.17) is 4.74 Å². The van der Waals surface area contributed by atoms with Gasteiger partial charge in [0, 0.05) is 12.6 Å². The molecule has 102 valence electrons. The molecule has 0 bridgehead atoms. The van der Waals surface area contributed by atoms with Gasteiger partial charge in [-0.3, -0.25) is 0 Å². The van der Waals surface area contributed by atoms with Gasteiger partial charge in [-0.15, -0.1) is 0 Å². The Morgan fingerprint density at radius 1 is 1.28 bits per heavy atom. The molecular weight excluding hydrogens is 230 g/mol. The molecule has 18 heavy (non-hydrogen) atoms. The van der Waals surface area contributed by atoms with E-state index in [1.807, 2.05) is 26.8 Å². The zero-order valence-electron chi connectivity index (χ0n) is 11.5. The quantitative estimate of drug-likeness (QED) is 0.726. The van der Waals surface area contributed by atoms with Crippen LogP contribution in [-0.2, 0) is 0 Å². The van der Waals surface area contributed by atoms with Crippen molar-refractivity contribution in [3.63, 3.8) is 0 Å². The lowest BCUT2D eigenvalue weighted by molar-refractivity contribution is 0.120. The molecule has 0 aliphatic rings. The third-order valence-corrected chi connectivity index (χ3v) is 3.11. The standard InChI is InChI=1S/C14H23NO3/c1-9(2)13(17)8-15-10(3)11-5-6-12(16)14(7-11)18-4/h5-7,9-10,13,15-17H,8H2,1-4H3. The zero-order chi connectivity index (χ0) is 13.7. The van der Waals surface area contributed by atoms with Gasteiger partial charge in [0.05, 0.1) is 13.2 Å². The molecule has 1 aromatic carbocycles. The van der Waals surface area contributed by atoms with E-state index in [9.17, 15) is 10.2 Å². The van der Waals surface area contributed by atoms with E-state index < -0.39 is 0 Å². The highest BCUT2D eigenvalue weighted by molar-refractivity contribution is 5.42. The Hall–Kier alpha value is -1.26. The summed E-state index contributed by atoms with van der Waals surface area (Å²) in [6, 6.07) is 5.35. The molecule has 4 nitrogen and oxygen atoms in total. The predicted octanol–water partition coefficient (Wildman–Crippen LogP) is 2.07. The third kappa shape index (κ3) is 3.89. The van der Waals surface area contributed by atoms with E-state index in [0.29, 0.717) is 12.3 Å². The van der Waals surface area contributed by atoms with Gasteiger partial charge in [-0.05, 0) is 30.5 Å². The molecule has 0 spiro atoms. The largest absolute Gasteiger partial charge is 0.504 e. The van der Waals surface area contributed by atoms with Gasteiger partial charge in [0.1, 0.15) is 0 Å². The van der Waals surface area contributed by atoms with Crippen molar-refractivity contribution < 1.29 is 14.9 Å². The van der Waals surface area contributed by atoms with Gasteiger partial charge in [0.2, 0.25) is 0 Å². The van der Waals surface area contributed by atoms with Crippen molar-refractivity contribution in [3.05, 3.63) is 23.8 Å². The summed E-state index contributed by atoms with van der Waals surface area (Å²) in [5.74, 6) is 0.834. The molecule has 3 N–H and O–H groups in total. The number of benzene rings is 1. The molecule has 1 aromatic rings. The Kier molecular flexibility index (Phi) is 5.44. The van der Waals surface area contributed by atoms with Crippen LogP contribution in [0.4, 0.5) is 0 Å². The molecule has 0 radical (unpaired) electrons. The van der Waals surface area contributed by atoms with Crippen LogP contribution in [0.5, 0.6) is 11.5 Å². The van der Waals surface area contributed by atoms with Crippen molar-refractivity contribution in [2.45, 2.75) is 32.9 Å². The number of phenols is 1. The van der Waals surface area contributed by atoms with Gasteiger partial charge in [0.15, 0.2) is 11.5 Å². The molecule has 0 saturated heterocycles. The number of methoxy groups -OCH3 is 1. The van der Waals surface area contributed by atoms with Crippen molar-refractivity contribution in [1.82, 2.24) is 5.32 Å². The lowest BCUT2D eigenvalue weighted by atomic mass is 10.1. The normalized spacial score (nSPS) is 14.6. The molecule has 0 aromatic heterocycles. The van der Waals surface area contributed by atoms with Crippen LogP contribution in [0.3, 0.4) is 0 Å². The van der Waals surface area contributed by atoms with Crippen molar-refractivity contribution in [2.24, 2.45) is 5.92 Å². The number of rotatable bonds is 6. The average molecular weight is 253 g/mol. The molecular formula is C14H23NO3. The van der Waals surface area contributed by atoms with Gasteiger partial charge in [-0.1, -0.05) is 19.9 Å². The van der Waals surface area contributed by atoms with Gasteiger partial charge >= 0.3 is 0 Å². The Labute approximate surface area is 109 Å². The maximum absolute atomic E-state index is 9.74. The fraction of sp³-hybridized carbons (Fsp3) is 0.571. The highest BCUT2D eigenvalue weighted by Crippen LogP contribution is 2.28. The molecule has 0 saturated carbocycles. The minimum absolute atomic E-state index is 0.0906. The Morgan fingerprint density at radius 2 is 1.94 bits per heavy atom. The second kappa shape index (κ2) is 6.61. The molecule has 2 atom stereocenters. The lowest BCUT2D eigenvalue weighted by Crippen LogP contribution is -2.32. The summed E-state index contributed by atoms with van der Waals surface area (Å²) in [7, 11) is 1.53. The fourth-order valence-electron chi connectivity index (χ4n) is 1.61. The number of hydrogen-bond acceptors (Lipinski definition) is 4. The first kappa shape index (κ1) is 14.8. The highest BCUT2D eigenvalue weighted by atomic mass is 16.5. The van der Waals surface area contributed by atoms with Crippen molar-refractivity contribution in [3.8, 4) is 11.5 Å².